The van der Waals surface area contributed by atoms with E-state index in [1.54, 1.807) is 12.4 Å². The normalized spacial score (nSPS) is 11.8. The minimum Gasteiger partial charge on any atom is -0.480 e. The monoisotopic (exact) mass is 222 g/mol. The molecule has 0 aliphatic heterocycles. The van der Waals surface area contributed by atoms with Gasteiger partial charge in [0.2, 0.25) is 5.91 Å². The van der Waals surface area contributed by atoms with Gasteiger partial charge < -0.3 is 10.4 Å². The Bertz CT molecular complexity index is 365. The van der Waals surface area contributed by atoms with Crippen LogP contribution in [-0.2, 0) is 16.0 Å². The van der Waals surface area contributed by atoms with Crippen LogP contribution in [0.25, 0.3) is 0 Å². The van der Waals surface area contributed by atoms with Crippen LogP contribution in [0.2, 0.25) is 0 Å². The zero-order chi connectivity index (χ0) is 12.0. The topological polar surface area (TPSA) is 79.3 Å². The molecule has 1 aromatic heterocycles. The second kappa shape index (κ2) is 5.85. The first-order valence-electron chi connectivity index (χ1n) is 5.00. The van der Waals surface area contributed by atoms with Gasteiger partial charge in [0.1, 0.15) is 6.04 Å². The molecule has 1 aromatic rings. The average Bonchev–Trinajstić information content (AvgIpc) is 2.27. The zero-order valence-electron chi connectivity index (χ0n) is 9.01. The third-order valence-electron chi connectivity index (χ3n) is 2.14. The van der Waals surface area contributed by atoms with Crippen LogP contribution in [0.15, 0.2) is 24.5 Å². The van der Waals surface area contributed by atoms with Gasteiger partial charge in [0.15, 0.2) is 0 Å². The number of aromatic nitrogens is 1. The van der Waals surface area contributed by atoms with E-state index in [-0.39, 0.29) is 12.3 Å². The molecule has 5 nitrogen and oxygen atoms in total. The summed E-state index contributed by atoms with van der Waals surface area (Å²) in [5, 5.41) is 11.0. The molecule has 2 N–H and O–H groups in total. The van der Waals surface area contributed by atoms with E-state index in [9.17, 15) is 9.59 Å². The summed E-state index contributed by atoms with van der Waals surface area (Å²) in [4.78, 5) is 25.7. The molecule has 0 unspecified atom stereocenters. The summed E-state index contributed by atoms with van der Waals surface area (Å²) >= 11 is 0. The molecule has 0 saturated carbocycles. The summed E-state index contributed by atoms with van der Waals surface area (Å²) in [6, 6.07) is 2.81. The highest BCUT2D eigenvalue weighted by molar-refractivity contribution is 5.83. The quantitative estimate of drug-likeness (QED) is 0.764. The Hall–Kier alpha value is -1.91. The van der Waals surface area contributed by atoms with E-state index in [0.29, 0.717) is 6.42 Å². The van der Waals surface area contributed by atoms with Gasteiger partial charge in [-0.2, -0.15) is 0 Å². The van der Waals surface area contributed by atoms with Gasteiger partial charge >= 0.3 is 5.97 Å². The molecule has 86 valence electrons. The van der Waals surface area contributed by atoms with Gasteiger partial charge in [-0.15, -0.1) is 0 Å². The van der Waals surface area contributed by atoms with Gasteiger partial charge in [0, 0.05) is 18.8 Å². The SMILES string of the molecule is C[C@H](NC(=O)CCc1ccncc1)C(=O)O. The van der Waals surface area contributed by atoms with Crippen molar-refractivity contribution in [1.29, 1.82) is 0 Å². The van der Waals surface area contributed by atoms with E-state index in [2.05, 4.69) is 10.3 Å². The lowest BCUT2D eigenvalue weighted by molar-refractivity contribution is -0.141. The molecule has 0 aliphatic rings. The summed E-state index contributed by atoms with van der Waals surface area (Å²) in [6.45, 7) is 1.44. The van der Waals surface area contributed by atoms with Gasteiger partial charge in [-0.3, -0.25) is 14.6 Å². The Morgan fingerprint density at radius 3 is 2.62 bits per heavy atom. The fourth-order valence-corrected chi connectivity index (χ4v) is 1.18. The molecule has 1 rings (SSSR count). The minimum atomic E-state index is -1.03. The molecule has 0 spiro atoms. The van der Waals surface area contributed by atoms with Gasteiger partial charge in [-0.05, 0) is 31.0 Å². The van der Waals surface area contributed by atoms with E-state index < -0.39 is 12.0 Å². The van der Waals surface area contributed by atoms with Crippen molar-refractivity contribution < 1.29 is 14.7 Å². The molecular weight excluding hydrogens is 208 g/mol. The fraction of sp³-hybridized carbons (Fsp3) is 0.364. The number of carbonyl (C=O) groups is 2. The predicted molar refractivity (Wildman–Crippen MR) is 57.8 cm³/mol. The van der Waals surface area contributed by atoms with Crippen LogP contribution >= 0.6 is 0 Å². The Balaban J connectivity index is 2.33. The number of pyridine rings is 1. The summed E-state index contributed by atoms with van der Waals surface area (Å²) in [7, 11) is 0. The van der Waals surface area contributed by atoms with Crippen molar-refractivity contribution in [3.8, 4) is 0 Å². The average molecular weight is 222 g/mol. The summed E-state index contributed by atoms with van der Waals surface area (Å²) in [5.74, 6) is -1.29. The number of aliphatic carboxylic acids is 1. The molecule has 0 fully saturated rings. The molecule has 1 atom stereocenters. The molecule has 16 heavy (non-hydrogen) atoms. The number of carboxylic acid groups (broad SMARTS) is 1. The second-order valence-corrected chi connectivity index (χ2v) is 3.48. The number of carbonyl (C=O) groups excluding carboxylic acids is 1. The lowest BCUT2D eigenvalue weighted by Gasteiger charge is -2.08. The Kier molecular flexibility index (Phi) is 4.44. The van der Waals surface area contributed by atoms with Crippen LogP contribution in [0, 0.1) is 0 Å². The lowest BCUT2D eigenvalue weighted by Crippen LogP contribution is -2.38. The minimum absolute atomic E-state index is 0.258. The van der Waals surface area contributed by atoms with E-state index in [1.807, 2.05) is 12.1 Å². The molecule has 0 aliphatic carbocycles. The zero-order valence-corrected chi connectivity index (χ0v) is 9.01. The van der Waals surface area contributed by atoms with E-state index in [4.69, 9.17) is 5.11 Å². The highest BCUT2D eigenvalue weighted by Gasteiger charge is 2.13. The number of nitrogens with zero attached hydrogens (tertiary/aromatic N) is 1. The molecule has 5 heteroatoms. The third kappa shape index (κ3) is 4.08. The van der Waals surface area contributed by atoms with Crippen molar-refractivity contribution in [1.82, 2.24) is 10.3 Å². The highest BCUT2D eigenvalue weighted by atomic mass is 16.4. The fourth-order valence-electron chi connectivity index (χ4n) is 1.18. The Morgan fingerprint density at radius 1 is 1.44 bits per heavy atom. The van der Waals surface area contributed by atoms with Crippen molar-refractivity contribution in [3.63, 3.8) is 0 Å². The maximum absolute atomic E-state index is 11.3. The second-order valence-electron chi connectivity index (χ2n) is 3.48. The van der Waals surface area contributed by atoms with Crippen molar-refractivity contribution in [2.75, 3.05) is 0 Å². The third-order valence-corrected chi connectivity index (χ3v) is 2.14. The molecule has 1 amide bonds. The van der Waals surface area contributed by atoms with Crippen LogP contribution in [0.4, 0.5) is 0 Å². The molecular formula is C11H14N2O3. The van der Waals surface area contributed by atoms with E-state index in [1.165, 1.54) is 6.92 Å². The highest BCUT2D eigenvalue weighted by Crippen LogP contribution is 2.00. The standard InChI is InChI=1S/C11H14N2O3/c1-8(11(15)16)13-10(14)3-2-9-4-6-12-7-5-9/h4-8H,2-3H2,1H3,(H,13,14)(H,15,16)/t8-/m0/s1. The number of nitrogens with one attached hydrogen (secondary N) is 1. The van der Waals surface area contributed by atoms with Crippen LogP contribution < -0.4 is 5.32 Å². The van der Waals surface area contributed by atoms with Crippen LogP contribution in [-0.4, -0.2) is 28.0 Å². The molecule has 0 bridgehead atoms. The maximum Gasteiger partial charge on any atom is 0.325 e. The number of carboxylic acids is 1. The van der Waals surface area contributed by atoms with Crippen LogP contribution in [0.3, 0.4) is 0 Å². The first kappa shape index (κ1) is 12.2. The smallest absolute Gasteiger partial charge is 0.325 e. The molecule has 0 radical (unpaired) electrons. The van der Waals surface area contributed by atoms with Gasteiger partial charge in [0.25, 0.3) is 0 Å². The van der Waals surface area contributed by atoms with Gasteiger partial charge in [-0.1, -0.05) is 0 Å². The number of rotatable bonds is 5. The van der Waals surface area contributed by atoms with Crippen molar-refractivity contribution in [3.05, 3.63) is 30.1 Å². The number of aryl methyl sites for hydroxylation is 1. The summed E-state index contributed by atoms with van der Waals surface area (Å²) in [5.41, 5.74) is 1.01. The van der Waals surface area contributed by atoms with Crippen molar-refractivity contribution >= 4 is 11.9 Å². The predicted octanol–water partition coefficient (Wildman–Crippen LogP) is 0.603. The van der Waals surface area contributed by atoms with Crippen LogP contribution in [0.5, 0.6) is 0 Å². The summed E-state index contributed by atoms with van der Waals surface area (Å²) in [6.07, 6.45) is 4.18. The van der Waals surface area contributed by atoms with E-state index >= 15 is 0 Å². The molecule has 0 saturated heterocycles. The maximum atomic E-state index is 11.3. The Morgan fingerprint density at radius 2 is 2.06 bits per heavy atom. The largest absolute Gasteiger partial charge is 0.480 e. The first-order chi connectivity index (χ1) is 7.59. The van der Waals surface area contributed by atoms with Gasteiger partial charge in [-0.25, -0.2) is 0 Å². The lowest BCUT2D eigenvalue weighted by atomic mass is 10.1. The van der Waals surface area contributed by atoms with Crippen molar-refractivity contribution in [2.24, 2.45) is 0 Å². The van der Waals surface area contributed by atoms with Crippen LogP contribution in [0.1, 0.15) is 18.9 Å². The number of hydrogen-bond acceptors (Lipinski definition) is 3. The first-order valence-corrected chi connectivity index (χ1v) is 5.00. The molecule has 0 aromatic carbocycles. The van der Waals surface area contributed by atoms with E-state index in [0.717, 1.165) is 5.56 Å². The summed E-state index contributed by atoms with van der Waals surface area (Å²) < 4.78 is 0. The number of amides is 1. The Labute approximate surface area is 93.5 Å². The van der Waals surface area contributed by atoms with Crippen molar-refractivity contribution in [2.45, 2.75) is 25.8 Å². The molecule has 1 heterocycles. The van der Waals surface area contributed by atoms with Gasteiger partial charge in [0.05, 0.1) is 0 Å². The number of hydrogen-bond donors (Lipinski definition) is 2.